The Morgan fingerprint density at radius 1 is 1.23 bits per heavy atom. The van der Waals surface area contributed by atoms with E-state index in [1.807, 2.05) is 38.2 Å². The summed E-state index contributed by atoms with van der Waals surface area (Å²) in [7, 11) is -0.132. The van der Waals surface area contributed by atoms with Gasteiger partial charge in [0.15, 0.2) is 0 Å². The highest BCUT2D eigenvalue weighted by atomic mass is 32.2. The Kier molecular flexibility index (Phi) is 9.16. The minimum Gasteiger partial charge on any atom is -0.497 e. The third-order valence-electron chi connectivity index (χ3n) is 6.78. The maximum atomic E-state index is 13.6. The molecule has 4 rings (SSSR count). The van der Waals surface area contributed by atoms with E-state index < -0.39 is 16.1 Å². The molecule has 3 aromatic rings. The van der Waals surface area contributed by atoms with Crippen LogP contribution in [0.1, 0.15) is 29.8 Å². The lowest BCUT2D eigenvalue weighted by atomic mass is 9.99. The average molecular weight is 574 g/mol. The van der Waals surface area contributed by atoms with Crippen LogP contribution in [0.4, 0.5) is 5.69 Å². The minimum atomic E-state index is -3.79. The van der Waals surface area contributed by atoms with Crippen molar-refractivity contribution in [1.82, 2.24) is 9.80 Å². The number of aliphatic hydroxyl groups is 1. The number of fused-ring (bicyclic) bond motifs is 1. The summed E-state index contributed by atoms with van der Waals surface area (Å²) in [5.74, 6) is 0.824. The Labute approximate surface area is 234 Å². The lowest BCUT2D eigenvalue weighted by Gasteiger charge is -2.38. The van der Waals surface area contributed by atoms with Crippen LogP contribution in [0.5, 0.6) is 11.5 Å². The molecule has 0 unspecified atom stereocenters. The van der Waals surface area contributed by atoms with E-state index >= 15 is 0 Å². The van der Waals surface area contributed by atoms with Gasteiger partial charge in [-0.3, -0.25) is 14.4 Å². The van der Waals surface area contributed by atoms with Crippen molar-refractivity contribution in [2.75, 3.05) is 38.6 Å². The van der Waals surface area contributed by atoms with Gasteiger partial charge in [-0.15, -0.1) is 11.3 Å². The summed E-state index contributed by atoms with van der Waals surface area (Å²) in [5, 5.41) is 11.6. The topological polar surface area (TPSA) is 108 Å². The van der Waals surface area contributed by atoms with Crippen LogP contribution in [0.2, 0.25) is 0 Å². The van der Waals surface area contributed by atoms with Crippen molar-refractivity contribution >= 4 is 33.0 Å². The highest BCUT2D eigenvalue weighted by Gasteiger charge is 2.33. The van der Waals surface area contributed by atoms with Gasteiger partial charge in [-0.2, -0.15) is 0 Å². The molecule has 1 aliphatic heterocycles. The number of rotatable bonds is 10. The highest BCUT2D eigenvalue weighted by Crippen LogP contribution is 2.32. The molecule has 2 N–H and O–H groups in total. The zero-order valence-electron chi connectivity index (χ0n) is 22.5. The molecule has 1 aliphatic rings. The molecule has 0 saturated carbocycles. The second-order valence-electron chi connectivity index (χ2n) is 9.92. The van der Waals surface area contributed by atoms with E-state index in [0.29, 0.717) is 25.4 Å². The fourth-order valence-corrected chi connectivity index (χ4v) is 6.58. The van der Waals surface area contributed by atoms with Gasteiger partial charge < -0.3 is 19.5 Å². The van der Waals surface area contributed by atoms with Gasteiger partial charge in [0, 0.05) is 31.2 Å². The van der Waals surface area contributed by atoms with Crippen LogP contribution in [-0.2, 0) is 16.6 Å². The van der Waals surface area contributed by atoms with E-state index in [1.165, 1.54) is 12.1 Å². The first-order valence-corrected chi connectivity index (χ1v) is 15.1. The number of likely N-dealkylation sites (N-methyl/N-ethyl adjacent to an activating group) is 1. The number of thiophene rings is 1. The summed E-state index contributed by atoms with van der Waals surface area (Å²) >= 11 is 1.11. The minimum absolute atomic E-state index is 0.0357. The Morgan fingerprint density at radius 3 is 2.62 bits per heavy atom. The third-order valence-corrected chi connectivity index (χ3v) is 9.56. The quantitative estimate of drug-likeness (QED) is 0.379. The van der Waals surface area contributed by atoms with Gasteiger partial charge in [0.1, 0.15) is 21.8 Å². The van der Waals surface area contributed by atoms with E-state index in [0.717, 1.165) is 22.6 Å². The van der Waals surface area contributed by atoms with E-state index in [9.17, 15) is 18.3 Å². The molecule has 39 heavy (non-hydrogen) atoms. The van der Waals surface area contributed by atoms with Crippen molar-refractivity contribution in [2.45, 2.75) is 36.7 Å². The fraction of sp³-hybridized carbons (Fsp3) is 0.393. The first-order chi connectivity index (χ1) is 18.6. The molecular formula is C28H35N3O6S2. The number of sulfonamides is 1. The monoisotopic (exact) mass is 573 g/mol. The Hall–Kier alpha value is -3.12. The molecular weight excluding hydrogens is 538 g/mol. The Bertz CT molecular complexity index is 1360. The summed E-state index contributed by atoms with van der Waals surface area (Å²) in [5.41, 5.74) is 1.64. The molecule has 1 aromatic heterocycles. The number of nitrogens with zero attached hydrogens (tertiary/aromatic N) is 2. The second kappa shape index (κ2) is 12.4. The Morgan fingerprint density at radius 2 is 1.97 bits per heavy atom. The van der Waals surface area contributed by atoms with Crippen LogP contribution in [-0.4, -0.2) is 75.2 Å². The summed E-state index contributed by atoms with van der Waals surface area (Å²) in [6, 6.07) is 15.4. The molecule has 2 heterocycles. The number of carbonyl (C=O) groups excluding carboxylic acids is 1. The van der Waals surface area contributed by atoms with Gasteiger partial charge in [-0.25, -0.2) is 8.42 Å². The number of methoxy groups -OCH3 is 1. The van der Waals surface area contributed by atoms with Gasteiger partial charge in [0.25, 0.3) is 15.9 Å². The van der Waals surface area contributed by atoms with E-state index in [1.54, 1.807) is 42.5 Å². The van der Waals surface area contributed by atoms with Crippen molar-refractivity contribution in [3.05, 3.63) is 71.1 Å². The predicted molar refractivity (Wildman–Crippen MR) is 152 cm³/mol. The molecule has 0 spiro atoms. The third kappa shape index (κ3) is 6.91. The van der Waals surface area contributed by atoms with Crippen LogP contribution >= 0.6 is 11.3 Å². The van der Waals surface area contributed by atoms with E-state index in [4.69, 9.17) is 9.47 Å². The fourth-order valence-electron chi connectivity index (χ4n) is 4.54. The lowest BCUT2D eigenvalue weighted by molar-refractivity contribution is 0.0341. The van der Waals surface area contributed by atoms with Crippen molar-refractivity contribution < 1.29 is 27.8 Å². The summed E-state index contributed by atoms with van der Waals surface area (Å²) in [6.45, 7) is 5.30. The molecule has 1 amide bonds. The summed E-state index contributed by atoms with van der Waals surface area (Å²) in [4.78, 5) is 17.4. The predicted octanol–water partition coefficient (Wildman–Crippen LogP) is 3.91. The highest BCUT2D eigenvalue weighted by molar-refractivity contribution is 7.94. The maximum absolute atomic E-state index is 13.6. The average Bonchev–Trinajstić information content (AvgIpc) is 3.47. The molecule has 9 nitrogen and oxygen atoms in total. The standard InChI is InChI=1S/C28H35N3O6S2/c1-19-15-31(20(2)18-32)28(33)24-14-22(29-39(34,35)27-6-5-13-38-27)9-12-25(24)37-26(19)17-30(3)16-21-7-10-23(36-4)11-8-21/h5-14,19-20,26,29,32H,15-18H2,1-4H3/t19-,20+,26-/m0/s1. The Balaban J connectivity index is 1.60. The second-order valence-corrected chi connectivity index (χ2v) is 12.8. The first kappa shape index (κ1) is 28.9. The first-order valence-electron chi connectivity index (χ1n) is 12.7. The normalized spacial score (nSPS) is 18.6. The largest absolute Gasteiger partial charge is 0.497 e. The van der Waals surface area contributed by atoms with E-state index in [2.05, 4.69) is 9.62 Å². The van der Waals surface area contributed by atoms with Crippen LogP contribution in [0, 0.1) is 5.92 Å². The number of aliphatic hydroxyl groups excluding tert-OH is 1. The number of carbonyl (C=O) groups is 1. The summed E-state index contributed by atoms with van der Waals surface area (Å²) < 4.78 is 40.0. The SMILES string of the molecule is COc1ccc(CN(C)C[C@@H]2Oc3ccc(NS(=O)(=O)c4cccs4)cc3C(=O)N([C@H](C)CO)C[C@@H]2C)cc1. The summed E-state index contributed by atoms with van der Waals surface area (Å²) in [6.07, 6.45) is -0.262. The molecule has 0 fully saturated rings. The molecule has 210 valence electrons. The van der Waals surface area contributed by atoms with Crippen LogP contribution < -0.4 is 14.2 Å². The number of benzene rings is 2. The van der Waals surface area contributed by atoms with Crippen LogP contribution in [0.3, 0.4) is 0 Å². The number of hydrogen-bond acceptors (Lipinski definition) is 8. The van der Waals surface area contributed by atoms with Gasteiger partial charge in [0.2, 0.25) is 0 Å². The van der Waals surface area contributed by atoms with Gasteiger partial charge in [0.05, 0.1) is 25.3 Å². The van der Waals surface area contributed by atoms with Crippen molar-refractivity contribution in [3.8, 4) is 11.5 Å². The lowest BCUT2D eigenvalue weighted by Crippen LogP contribution is -2.49. The number of anilines is 1. The molecule has 2 aromatic carbocycles. The van der Waals surface area contributed by atoms with Gasteiger partial charge >= 0.3 is 0 Å². The maximum Gasteiger partial charge on any atom is 0.271 e. The number of amides is 1. The van der Waals surface area contributed by atoms with Crippen molar-refractivity contribution in [2.24, 2.45) is 5.92 Å². The number of hydrogen-bond donors (Lipinski definition) is 2. The van der Waals surface area contributed by atoms with Gasteiger partial charge in [-0.05, 0) is 61.3 Å². The molecule has 3 atom stereocenters. The van der Waals surface area contributed by atoms with Crippen molar-refractivity contribution in [3.63, 3.8) is 0 Å². The van der Waals surface area contributed by atoms with Crippen LogP contribution in [0.25, 0.3) is 0 Å². The van der Waals surface area contributed by atoms with Crippen molar-refractivity contribution in [1.29, 1.82) is 0 Å². The van der Waals surface area contributed by atoms with E-state index in [-0.39, 0.29) is 40.0 Å². The molecule has 0 saturated heterocycles. The molecule has 11 heteroatoms. The molecule has 0 aliphatic carbocycles. The van der Waals surface area contributed by atoms with Crippen LogP contribution in [0.15, 0.2) is 64.2 Å². The number of ether oxygens (including phenoxy) is 2. The zero-order chi connectivity index (χ0) is 28.2. The molecule has 0 radical (unpaired) electrons. The van der Waals surface area contributed by atoms with Gasteiger partial charge in [-0.1, -0.05) is 25.1 Å². The number of nitrogens with one attached hydrogen (secondary N) is 1. The zero-order valence-corrected chi connectivity index (χ0v) is 24.2. The molecule has 0 bridgehead atoms. The smallest absolute Gasteiger partial charge is 0.271 e.